The van der Waals surface area contributed by atoms with E-state index in [1.54, 1.807) is 19.1 Å². The van der Waals surface area contributed by atoms with Crippen LogP contribution >= 0.6 is 23.1 Å². The highest BCUT2D eigenvalue weighted by Crippen LogP contribution is 2.23. The van der Waals surface area contributed by atoms with Crippen molar-refractivity contribution in [2.24, 2.45) is 0 Å². The van der Waals surface area contributed by atoms with Crippen LogP contribution in [0.1, 0.15) is 28.7 Å². The molecule has 1 aromatic heterocycles. The van der Waals surface area contributed by atoms with Crippen LogP contribution in [-0.4, -0.2) is 22.4 Å². The quantitative estimate of drug-likeness (QED) is 0.641. The van der Waals surface area contributed by atoms with Gasteiger partial charge >= 0.3 is 0 Å². The number of benzene rings is 1. The van der Waals surface area contributed by atoms with E-state index in [0.717, 1.165) is 4.90 Å². The summed E-state index contributed by atoms with van der Waals surface area (Å²) in [6.45, 7) is 3.22. The summed E-state index contributed by atoms with van der Waals surface area (Å²) in [6.07, 6.45) is 0.316. The van der Waals surface area contributed by atoms with Gasteiger partial charge in [-0.25, -0.2) is 9.37 Å². The number of hydrogen-bond donors (Lipinski definition) is 1. The Labute approximate surface area is 136 Å². The molecule has 1 aromatic carbocycles. The van der Waals surface area contributed by atoms with E-state index in [-0.39, 0.29) is 17.5 Å². The van der Waals surface area contributed by atoms with Crippen LogP contribution in [0.25, 0.3) is 0 Å². The smallest absolute Gasteiger partial charge is 0.226 e. The first-order chi connectivity index (χ1) is 10.5. The number of thiazole rings is 1. The van der Waals surface area contributed by atoms with Crippen molar-refractivity contribution in [1.82, 2.24) is 4.98 Å². The van der Waals surface area contributed by atoms with Crippen LogP contribution in [0.2, 0.25) is 0 Å². The van der Waals surface area contributed by atoms with E-state index in [4.69, 9.17) is 0 Å². The minimum atomic E-state index is -0.275. The Balaban J connectivity index is 1.81. The van der Waals surface area contributed by atoms with Gasteiger partial charge in [-0.2, -0.15) is 0 Å². The molecule has 0 aliphatic rings. The van der Waals surface area contributed by atoms with Crippen LogP contribution in [0.4, 0.5) is 9.52 Å². The fourth-order valence-corrected chi connectivity index (χ4v) is 3.48. The second-order valence-corrected chi connectivity index (χ2v) is 6.76. The largest absolute Gasteiger partial charge is 0.302 e. The lowest BCUT2D eigenvalue weighted by molar-refractivity contribution is -0.115. The first-order valence-electron chi connectivity index (χ1n) is 6.62. The maximum Gasteiger partial charge on any atom is 0.226 e. The molecule has 0 atom stereocenters. The van der Waals surface area contributed by atoms with Gasteiger partial charge < -0.3 is 5.32 Å². The fourth-order valence-electron chi connectivity index (χ4n) is 1.75. The SMILES string of the molecule is CC(=O)c1sc(NC(=O)CCSc2ccc(F)cc2)nc1C. The lowest BCUT2D eigenvalue weighted by Crippen LogP contribution is -2.11. The number of hydrogen-bond acceptors (Lipinski definition) is 5. The van der Waals surface area contributed by atoms with Crippen molar-refractivity contribution in [2.45, 2.75) is 25.2 Å². The van der Waals surface area contributed by atoms with E-state index >= 15 is 0 Å². The number of carbonyl (C=O) groups is 2. The van der Waals surface area contributed by atoms with Gasteiger partial charge in [-0.1, -0.05) is 11.3 Å². The molecule has 0 aliphatic heterocycles. The molecule has 0 fully saturated rings. The van der Waals surface area contributed by atoms with Crippen LogP contribution < -0.4 is 5.32 Å². The monoisotopic (exact) mass is 338 g/mol. The highest BCUT2D eigenvalue weighted by molar-refractivity contribution is 7.99. The van der Waals surface area contributed by atoms with Crippen LogP contribution in [-0.2, 0) is 4.79 Å². The summed E-state index contributed by atoms with van der Waals surface area (Å²) in [4.78, 5) is 28.8. The zero-order valence-corrected chi connectivity index (χ0v) is 13.8. The summed E-state index contributed by atoms with van der Waals surface area (Å²) < 4.78 is 12.8. The summed E-state index contributed by atoms with van der Waals surface area (Å²) in [6, 6.07) is 6.15. The Morgan fingerprint density at radius 3 is 2.59 bits per heavy atom. The molecule has 1 heterocycles. The topological polar surface area (TPSA) is 59.1 Å². The molecule has 0 bridgehead atoms. The Morgan fingerprint density at radius 1 is 1.32 bits per heavy atom. The number of nitrogens with one attached hydrogen (secondary N) is 1. The number of carbonyl (C=O) groups excluding carboxylic acids is 2. The number of Topliss-reactive ketones (excluding diaryl/α,β-unsaturated/α-hetero) is 1. The summed E-state index contributed by atoms with van der Waals surface area (Å²) >= 11 is 2.67. The van der Waals surface area contributed by atoms with Crippen molar-refractivity contribution < 1.29 is 14.0 Å². The Hall–Kier alpha value is -1.73. The van der Waals surface area contributed by atoms with E-state index in [1.807, 2.05) is 0 Å². The maximum atomic E-state index is 12.8. The van der Waals surface area contributed by atoms with E-state index < -0.39 is 0 Å². The molecule has 7 heteroatoms. The molecule has 4 nitrogen and oxygen atoms in total. The van der Waals surface area contributed by atoms with Crippen LogP contribution in [0.5, 0.6) is 0 Å². The van der Waals surface area contributed by atoms with Crippen molar-refractivity contribution in [1.29, 1.82) is 0 Å². The first kappa shape index (κ1) is 16.6. The third-order valence-corrected chi connectivity index (χ3v) is 4.96. The molecular weight excluding hydrogens is 323 g/mol. The molecular formula is C15H15FN2O2S2. The highest BCUT2D eigenvalue weighted by Gasteiger charge is 2.13. The Kier molecular flexibility index (Phi) is 5.68. The number of nitrogens with zero attached hydrogens (tertiary/aromatic N) is 1. The molecule has 0 unspecified atom stereocenters. The lowest BCUT2D eigenvalue weighted by Gasteiger charge is -2.02. The molecule has 0 aliphatic carbocycles. The zero-order chi connectivity index (χ0) is 16.1. The predicted octanol–water partition coefficient (Wildman–Crippen LogP) is 3.91. The molecule has 0 spiro atoms. The highest BCUT2D eigenvalue weighted by atomic mass is 32.2. The fraction of sp³-hybridized carbons (Fsp3) is 0.267. The summed E-state index contributed by atoms with van der Waals surface area (Å²) in [5.74, 6) is 0.102. The van der Waals surface area contributed by atoms with Crippen LogP contribution in [0.15, 0.2) is 29.2 Å². The minimum Gasteiger partial charge on any atom is -0.302 e. The Morgan fingerprint density at radius 2 is 2.00 bits per heavy atom. The minimum absolute atomic E-state index is 0.0534. The third kappa shape index (κ3) is 4.64. The number of aromatic nitrogens is 1. The number of anilines is 1. The number of amides is 1. The molecule has 1 N–H and O–H groups in total. The molecule has 0 saturated carbocycles. The van der Waals surface area contributed by atoms with Crippen molar-refractivity contribution >= 4 is 39.9 Å². The standard InChI is InChI=1S/C15H15FN2O2S2/c1-9-14(10(2)19)22-15(17-9)18-13(20)7-8-21-12-5-3-11(16)4-6-12/h3-6H,7-8H2,1-2H3,(H,17,18,20). The van der Waals surface area contributed by atoms with E-state index in [0.29, 0.717) is 27.9 Å². The van der Waals surface area contributed by atoms with Gasteiger partial charge in [0.25, 0.3) is 0 Å². The van der Waals surface area contributed by atoms with Crippen molar-refractivity contribution in [3.05, 3.63) is 40.7 Å². The van der Waals surface area contributed by atoms with E-state index in [1.165, 1.54) is 42.2 Å². The van der Waals surface area contributed by atoms with Gasteiger partial charge in [0.05, 0.1) is 10.6 Å². The number of halogens is 1. The van der Waals surface area contributed by atoms with Crippen molar-refractivity contribution in [3.8, 4) is 0 Å². The number of aryl methyl sites for hydroxylation is 1. The Bertz CT molecular complexity index is 683. The normalized spacial score (nSPS) is 10.5. The molecule has 0 radical (unpaired) electrons. The average molecular weight is 338 g/mol. The van der Waals surface area contributed by atoms with Crippen LogP contribution in [0.3, 0.4) is 0 Å². The van der Waals surface area contributed by atoms with Gasteiger partial charge in [0.15, 0.2) is 10.9 Å². The molecule has 116 valence electrons. The van der Waals surface area contributed by atoms with Gasteiger partial charge in [-0.15, -0.1) is 11.8 Å². The summed E-state index contributed by atoms with van der Waals surface area (Å²) in [5, 5.41) is 3.14. The van der Waals surface area contributed by atoms with Gasteiger partial charge in [-0.05, 0) is 31.2 Å². The van der Waals surface area contributed by atoms with Gasteiger partial charge in [0, 0.05) is 24.0 Å². The molecule has 2 rings (SSSR count). The van der Waals surface area contributed by atoms with Gasteiger partial charge in [-0.3, -0.25) is 9.59 Å². The number of rotatable bonds is 6. The summed E-state index contributed by atoms with van der Waals surface area (Å²) in [5.41, 5.74) is 0.633. The number of ketones is 1. The van der Waals surface area contributed by atoms with E-state index in [2.05, 4.69) is 10.3 Å². The van der Waals surface area contributed by atoms with Crippen molar-refractivity contribution in [3.63, 3.8) is 0 Å². The predicted molar refractivity (Wildman–Crippen MR) is 87.2 cm³/mol. The number of thioether (sulfide) groups is 1. The van der Waals surface area contributed by atoms with Crippen LogP contribution in [0, 0.1) is 12.7 Å². The lowest BCUT2D eigenvalue weighted by atomic mass is 10.3. The van der Waals surface area contributed by atoms with Gasteiger partial charge in [0.1, 0.15) is 5.82 Å². The van der Waals surface area contributed by atoms with Gasteiger partial charge in [0.2, 0.25) is 5.91 Å². The molecule has 22 heavy (non-hydrogen) atoms. The molecule has 1 amide bonds. The average Bonchev–Trinajstić information content (AvgIpc) is 2.82. The summed E-state index contributed by atoms with van der Waals surface area (Å²) in [7, 11) is 0. The first-order valence-corrected chi connectivity index (χ1v) is 8.42. The third-order valence-electron chi connectivity index (χ3n) is 2.77. The van der Waals surface area contributed by atoms with Crippen molar-refractivity contribution in [2.75, 3.05) is 11.1 Å². The molecule has 0 saturated heterocycles. The zero-order valence-electron chi connectivity index (χ0n) is 12.2. The molecule has 2 aromatic rings. The van der Waals surface area contributed by atoms with E-state index in [9.17, 15) is 14.0 Å². The second kappa shape index (κ2) is 7.51. The second-order valence-electron chi connectivity index (χ2n) is 4.59. The maximum absolute atomic E-state index is 12.8.